The molecule has 7 nitrogen and oxygen atoms in total. The molecular weight excluding hydrogens is 384 g/mol. The van der Waals surface area contributed by atoms with Gasteiger partial charge in [0, 0.05) is 36.5 Å². The molecule has 4 rings (SSSR count). The second kappa shape index (κ2) is 9.73. The molecule has 2 heterocycles. The van der Waals surface area contributed by atoms with Crippen molar-refractivity contribution in [3.05, 3.63) is 59.7 Å². The smallest absolute Gasteiger partial charge is 0.255 e. The number of hydrogen-bond acceptors (Lipinski definition) is 5. The normalized spacial score (nSPS) is 18.8. The summed E-state index contributed by atoms with van der Waals surface area (Å²) in [6.07, 6.45) is 2.25. The average molecular weight is 410 g/mol. The first kappa shape index (κ1) is 20.4. The van der Waals surface area contributed by atoms with Gasteiger partial charge in [0.1, 0.15) is 12.4 Å². The maximum absolute atomic E-state index is 12.6. The molecule has 0 aliphatic carbocycles. The molecule has 1 N–H and O–H groups in total. The number of morpholine rings is 1. The number of rotatable bonds is 6. The lowest BCUT2D eigenvalue weighted by molar-refractivity contribution is 0.0303. The molecule has 2 aliphatic rings. The highest BCUT2D eigenvalue weighted by atomic mass is 16.5. The Labute approximate surface area is 175 Å². The fourth-order valence-electron chi connectivity index (χ4n) is 3.55. The van der Waals surface area contributed by atoms with Crippen molar-refractivity contribution in [2.75, 3.05) is 44.8 Å². The van der Waals surface area contributed by atoms with Crippen LogP contribution in [-0.2, 0) is 9.47 Å². The first-order valence-corrected chi connectivity index (χ1v) is 10.3. The fraction of sp³-hybridized carbons (Fsp3) is 0.391. The molecule has 2 fully saturated rings. The lowest BCUT2D eigenvalue weighted by Crippen LogP contribution is -2.40. The van der Waals surface area contributed by atoms with Crippen molar-refractivity contribution in [2.45, 2.75) is 18.9 Å². The van der Waals surface area contributed by atoms with E-state index in [1.165, 1.54) is 0 Å². The minimum absolute atomic E-state index is 0.0536. The molecule has 158 valence electrons. The van der Waals surface area contributed by atoms with Crippen LogP contribution in [0.1, 0.15) is 33.6 Å². The van der Waals surface area contributed by atoms with Crippen LogP contribution in [-0.4, -0.2) is 62.3 Å². The van der Waals surface area contributed by atoms with E-state index in [9.17, 15) is 9.59 Å². The molecule has 2 aromatic rings. The van der Waals surface area contributed by atoms with Gasteiger partial charge in [0.2, 0.25) is 0 Å². The van der Waals surface area contributed by atoms with Crippen molar-refractivity contribution in [2.24, 2.45) is 0 Å². The quantitative estimate of drug-likeness (QED) is 0.792. The summed E-state index contributed by atoms with van der Waals surface area (Å²) in [7, 11) is 0. The van der Waals surface area contributed by atoms with Gasteiger partial charge in [-0.3, -0.25) is 9.59 Å². The summed E-state index contributed by atoms with van der Waals surface area (Å²) in [5.74, 6) is 0.416. The van der Waals surface area contributed by atoms with Crippen LogP contribution < -0.4 is 10.1 Å². The molecule has 0 unspecified atom stereocenters. The Hall–Kier alpha value is -2.90. The minimum Gasteiger partial charge on any atom is -0.491 e. The molecule has 2 saturated heterocycles. The number of hydrogen-bond donors (Lipinski definition) is 1. The highest BCUT2D eigenvalue weighted by Gasteiger charge is 2.19. The number of anilines is 1. The van der Waals surface area contributed by atoms with Gasteiger partial charge in [-0.05, 0) is 55.3 Å². The topological polar surface area (TPSA) is 77.1 Å². The first-order valence-electron chi connectivity index (χ1n) is 10.3. The third-order valence-electron chi connectivity index (χ3n) is 5.24. The molecule has 0 saturated carbocycles. The zero-order chi connectivity index (χ0) is 20.8. The van der Waals surface area contributed by atoms with Crippen molar-refractivity contribution < 1.29 is 23.8 Å². The van der Waals surface area contributed by atoms with Crippen LogP contribution >= 0.6 is 0 Å². The molecule has 2 aromatic carbocycles. The molecule has 7 heteroatoms. The number of carbonyl (C=O) groups is 2. The molecule has 0 radical (unpaired) electrons. The predicted octanol–water partition coefficient (Wildman–Crippen LogP) is 2.97. The Bertz CT molecular complexity index is 871. The second-order valence-electron chi connectivity index (χ2n) is 7.41. The van der Waals surface area contributed by atoms with Crippen molar-refractivity contribution in [1.29, 1.82) is 0 Å². The summed E-state index contributed by atoms with van der Waals surface area (Å²) in [5, 5.41) is 2.86. The van der Waals surface area contributed by atoms with Gasteiger partial charge < -0.3 is 24.4 Å². The zero-order valence-corrected chi connectivity index (χ0v) is 16.8. The summed E-state index contributed by atoms with van der Waals surface area (Å²) in [4.78, 5) is 27.0. The zero-order valence-electron chi connectivity index (χ0n) is 16.8. The molecule has 2 aliphatic heterocycles. The minimum atomic E-state index is -0.239. The van der Waals surface area contributed by atoms with E-state index in [1.54, 1.807) is 53.4 Å². The van der Waals surface area contributed by atoms with E-state index in [1.807, 2.05) is 0 Å². The molecule has 0 bridgehead atoms. The van der Waals surface area contributed by atoms with Crippen LogP contribution in [0.2, 0.25) is 0 Å². The van der Waals surface area contributed by atoms with Crippen LogP contribution in [0.15, 0.2) is 48.5 Å². The average Bonchev–Trinajstić information content (AvgIpc) is 3.32. The summed E-state index contributed by atoms with van der Waals surface area (Å²) in [6.45, 7) is 3.58. The molecule has 30 heavy (non-hydrogen) atoms. The highest BCUT2D eigenvalue weighted by molar-refractivity contribution is 6.05. The van der Waals surface area contributed by atoms with Gasteiger partial charge >= 0.3 is 0 Å². The van der Waals surface area contributed by atoms with Crippen LogP contribution in [0.5, 0.6) is 5.75 Å². The van der Waals surface area contributed by atoms with Gasteiger partial charge in [-0.15, -0.1) is 0 Å². The van der Waals surface area contributed by atoms with E-state index in [2.05, 4.69) is 5.32 Å². The highest BCUT2D eigenvalue weighted by Crippen LogP contribution is 2.18. The molecule has 0 spiro atoms. The third kappa shape index (κ3) is 5.17. The Morgan fingerprint density at radius 2 is 1.83 bits per heavy atom. The number of amides is 2. The van der Waals surface area contributed by atoms with Crippen molar-refractivity contribution >= 4 is 17.5 Å². The van der Waals surface area contributed by atoms with Crippen molar-refractivity contribution in [1.82, 2.24) is 4.90 Å². The predicted molar refractivity (Wildman–Crippen MR) is 112 cm³/mol. The van der Waals surface area contributed by atoms with Gasteiger partial charge in [-0.1, -0.05) is 6.07 Å². The van der Waals surface area contributed by atoms with E-state index >= 15 is 0 Å². The van der Waals surface area contributed by atoms with Gasteiger partial charge in [-0.25, -0.2) is 0 Å². The van der Waals surface area contributed by atoms with Crippen molar-refractivity contribution in [3.63, 3.8) is 0 Å². The largest absolute Gasteiger partial charge is 0.491 e. The van der Waals surface area contributed by atoms with E-state index in [0.717, 1.165) is 19.4 Å². The Balaban J connectivity index is 1.34. The maximum atomic E-state index is 12.6. The molecular formula is C23H26N2O5. The summed E-state index contributed by atoms with van der Waals surface area (Å²) < 4.78 is 16.6. The SMILES string of the molecule is O=C(Nc1cccc(C(=O)N2CCOCC2)c1)c1ccc(OC[C@H]2CCCO2)cc1. The van der Waals surface area contributed by atoms with Gasteiger partial charge in [-0.2, -0.15) is 0 Å². The van der Waals surface area contributed by atoms with Crippen LogP contribution in [0.4, 0.5) is 5.69 Å². The monoisotopic (exact) mass is 410 g/mol. The van der Waals surface area contributed by atoms with E-state index < -0.39 is 0 Å². The number of nitrogens with one attached hydrogen (secondary N) is 1. The molecule has 1 atom stereocenters. The fourth-order valence-corrected chi connectivity index (χ4v) is 3.55. The molecule has 2 amide bonds. The number of ether oxygens (including phenoxy) is 3. The third-order valence-corrected chi connectivity index (χ3v) is 5.24. The van der Waals surface area contributed by atoms with E-state index in [4.69, 9.17) is 14.2 Å². The Morgan fingerprint density at radius 3 is 2.57 bits per heavy atom. The van der Waals surface area contributed by atoms with E-state index in [0.29, 0.717) is 55.5 Å². The van der Waals surface area contributed by atoms with E-state index in [-0.39, 0.29) is 17.9 Å². The number of carbonyl (C=O) groups excluding carboxylic acids is 2. The molecule has 0 aromatic heterocycles. The number of nitrogens with zero attached hydrogens (tertiary/aromatic N) is 1. The van der Waals surface area contributed by atoms with Crippen LogP contribution in [0, 0.1) is 0 Å². The Morgan fingerprint density at radius 1 is 1.03 bits per heavy atom. The summed E-state index contributed by atoms with van der Waals surface area (Å²) >= 11 is 0. The van der Waals surface area contributed by atoms with Crippen LogP contribution in [0.3, 0.4) is 0 Å². The van der Waals surface area contributed by atoms with Gasteiger partial charge in [0.05, 0.1) is 19.3 Å². The lowest BCUT2D eigenvalue weighted by Gasteiger charge is -2.27. The summed E-state index contributed by atoms with van der Waals surface area (Å²) in [5.41, 5.74) is 1.65. The lowest BCUT2D eigenvalue weighted by atomic mass is 10.1. The Kier molecular flexibility index (Phi) is 6.61. The second-order valence-corrected chi connectivity index (χ2v) is 7.41. The van der Waals surface area contributed by atoms with Crippen LogP contribution in [0.25, 0.3) is 0 Å². The first-order chi connectivity index (χ1) is 14.7. The number of benzene rings is 2. The maximum Gasteiger partial charge on any atom is 0.255 e. The van der Waals surface area contributed by atoms with Crippen molar-refractivity contribution in [3.8, 4) is 5.75 Å². The standard InChI is InChI=1S/C23H26N2O5/c26-22(17-6-8-20(9-7-17)30-16-21-5-2-12-29-21)24-19-4-1-3-18(15-19)23(27)25-10-13-28-14-11-25/h1,3-4,6-9,15,21H,2,5,10-14,16H2,(H,24,26)/t21-/m1/s1. The van der Waals surface area contributed by atoms with Gasteiger partial charge in [0.15, 0.2) is 0 Å². The van der Waals surface area contributed by atoms with Gasteiger partial charge in [0.25, 0.3) is 11.8 Å². The summed E-state index contributed by atoms with van der Waals surface area (Å²) in [6, 6.07) is 14.0.